The van der Waals surface area contributed by atoms with Crippen LogP contribution in [0.1, 0.15) is 24.1 Å². The normalized spacial score (nSPS) is 12.8. The SMILES string of the molecule is Cc1cc(Cl)ccc1C(C)n1ncc2ccc(Br)cc21. The largest absolute Gasteiger partial charge is 0.258 e. The van der Waals surface area contributed by atoms with Gasteiger partial charge in [-0.3, -0.25) is 4.68 Å². The summed E-state index contributed by atoms with van der Waals surface area (Å²) >= 11 is 9.56. The van der Waals surface area contributed by atoms with E-state index in [4.69, 9.17) is 11.6 Å². The van der Waals surface area contributed by atoms with Gasteiger partial charge in [0.05, 0.1) is 17.8 Å². The predicted molar refractivity (Wildman–Crippen MR) is 87.4 cm³/mol. The molecule has 0 amide bonds. The Morgan fingerprint density at radius 3 is 2.75 bits per heavy atom. The second kappa shape index (κ2) is 5.23. The molecule has 3 rings (SSSR count). The van der Waals surface area contributed by atoms with E-state index >= 15 is 0 Å². The van der Waals surface area contributed by atoms with Crippen molar-refractivity contribution in [2.24, 2.45) is 0 Å². The van der Waals surface area contributed by atoms with Gasteiger partial charge in [0.2, 0.25) is 0 Å². The van der Waals surface area contributed by atoms with Crippen LogP contribution in [0, 0.1) is 6.92 Å². The second-order valence-corrected chi connectivity index (χ2v) is 6.32. The fourth-order valence-corrected chi connectivity index (χ4v) is 3.13. The lowest BCUT2D eigenvalue weighted by atomic mass is 10.0. The van der Waals surface area contributed by atoms with Gasteiger partial charge in [0.25, 0.3) is 0 Å². The van der Waals surface area contributed by atoms with E-state index in [9.17, 15) is 0 Å². The molecule has 1 heterocycles. The van der Waals surface area contributed by atoms with E-state index < -0.39 is 0 Å². The van der Waals surface area contributed by atoms with Crippen LogP contribution in [0.25, 0.3) is 10.9 Å². The maximum Gasteiger partial charge on any atom is 0.0750 e. The molecule has 0 radical (unpaired) electrons. The molecular formula is C16H14BrClN2. The summed E-state index contributed by atoms with van der Waals surface area (Å²) in [6.45, 7) is 4.24. The fraction of sp³-hybridized carbons (Fsp3) is 0.188. The van der Waals surface area contributed by atoms with Gasteiger partial charge in [0.15, 0.2) is 0 Å². The predicted octanol–water partition coefficient (Wildman–Crippen LogP) is 5.37. The molecule has 0 spiro atoms. The van der Waals surface area contributed by atoms with Crippen LogP contribution in [-0.2, 0) is 0 Å². The lowest BCUT2D eigenvalue weighted by molar-refractivity contribution is 0.581. The second-order valence-electron chi connectivity index (χ2n) is 4.97. The van der Waals surface area contributed by atoms with Crippen molar-refractivity contribution < 1.29 is 0 Å². The minimum absolute atomic E-state index is 0.166. The van der Waals surface area contributed by atoms with E-state index in [0.717, 1.165) is 20.4 Å². The molecule has 1 atom stereocenters. The van der Waals surface area contributed by atoms with E-state index in [-0.39, 0.29) is 6.04 Å². The molecule has 3 aromatic rings. The summed E-state index contributed by atoms with van der Waals surface area (Å²) in [6.07, 6.45) is 1.91. The standard InChI is InChI=1S/C16H14BrClN2/c1-10-7-14(18)5-6-15(10)11(2)20-16-8-13(17)4-3-12(16)9-19-20/h3-9,11H,1-2H3. The number of hydrogen-bond donors (Lipinski definition) is 0. The Morgan fingerprint density at radius 1 is 1.20 bits per heavy atom. The van der Waals surface area contributed by atoms with E-state index in [0.29, 0.717) is 0 Å². The highest BCUT2D eigenvalue weighted by Gasteiger charge is 2.14. The van der Waals surface area contributed by atoms with Gasteiger partial charge < -0.3 is 0 Å². The van der Waals surface area contributed by atoms with Crippen molar-refractivity contribution in [1.29, 1.82) is 0 Å². The van der Waals surface area contributed by atoms with Crippen LogP contribution in [0.4, 0.5) is 0 Å². The van der Waals surface area contributed by atoms with E-state index in [1.165, 1.54) is 11.1 Å². The number of hydrogen-bond acceptors (Lipinski definition) is 1. The summed E-state index contributed by atoms with van der Waals surface area (Å²) in [5, 5.41) is 6.45. The molecule has 0 aliphatic carbocycles. The quantitative estimate of drug-likeness (QED) is 0.608. The Bertz CT molecular complexity index is 779. The van der Waals surface area contributed by atoms with E-state index in [2.05, 4.69) is 57.8 Å². The first-order valence-electron chi connectivity index (χ1n) is 6.45. The number of benzene rings is 2. The first-order valence-corrected chi connectivity index (χ1v) is 7.62. The van der Waals surface area contributed by atoms with Crippen LogP contribution in [0.15, 0.2) is 47.1 Å². The van der Waals surface area contributed by atoms with Gasteiger partial charge in [-0.2, -0.15) is 5.10 Å². The highest BCUT2D eigenvalue weighted by atomic mass is 79.9. The molecule has 0 saturated heterocycles. The summed E-state index contributed by atoms with van der Waals surface area (Å²) in [5.74, 6) is 0. The zero-order valence-corrected chi connectivity index (χ0v) is 13.6. The fourth-order valence-electron chi connectivity index (χ4n) is 2.56. The number of fused-ring (bicyclic) bond motifs is 1. The Balaban J connectivity index is 2.12. The number of aromatic nitrogens is 2. The Hall–Kier alpha value is -1.32. The molecule has 1 aromatic heterocycles. The molecule has 0 aliphatic rings. The maximum absolute atomic E-state index is 6.03. The molecule has 2 aromatic carbocycles. The van der Waals surface area contributed by atoms with Gasteiger partial charge in [0.1, 0.15) is 0 Å². The van der Waals surface area contributed by atoms with Crippen LogP contribution in [-0.4, -0.2) is 9.78 Å². The van der Waals surface area contributed by atoms with Gasteiger partial charge in [-0.05, 0) is 49.2 Å². The minimum atomic E-state index is 0.166. The third kappa shape index (κ3) is 2.36. The van der Waals surface area contributed by atoms with Gasteiger partial charge in [-0.25, -0.2) is 0 Å². The molecule has 4 heteroatoms. The number of halogens is 2. The lowest BCUT2D eigenvalue weighted by Crippen LogP contribution is -2.09. The highest BCUT2D eigenvalue weighted by molar-refractivity contribution is 9.10. The number of aryl methyl sites for hydroxylation is 1. The molecule has 0 aliphatic heterocycles. The third-order valence-corrected chi connectivity index (χ3v) is 4.34. The molecule has 102 valence electrons. The zero-order valence-electron chi connectivity index (χ0n) is 11.3. The van der Waals surface area contributed by atoms with E-state index in [1.807, 2.05) is 24.4 Å². The average molecular weight is 350 g/mol. The summed E-state index contributed by atoms with van der Waals surface area (Å²) in [4.78, 5) is 0. The van der Waals surface area contributed by atoms with Crippen molar-refractivity contribution in [3.05, 3.63) is 63.2 Å². The monoisotopic (exact) mass is 348 g/mol. The summed E-state index contributed by atoms with van der Waals surface area (Å²) in [5.41, 5.74) is 3.55. The molecule has 2 nitrogen and oxygen atoms in total. The first kappa shape index (κ1) is 13.7. The highest BCUT2D eigenvalue weighted by Crippen LogP contribution is 2.28. The Morgan fingerprint density at radius 2 is 2.00 bits per heavy atom. The van der Waals surface area contributed by atoms with Crippen LogP contribution >= 0.6 is 27.5 Å². The van der Waals surface area contributed by atoms with Gasteiger partial charge in [-0.15, -0.1) is 0 Å². The van der Waals surface area contributed by atoms with Crippen molar-refractivity contribution in [1.82, 2.24) is 9.78 Å². The topological polar surface area (TPSA) is 17.8 Å². The van der Waals surface area contributed by atoms with E-state index in [1.54, 1.807) is 0 Å². The average Bonchev–Trinajstić information content (AvgIpc) is 2.81. The van der Waals surface area contributed by atoms with Crippen LogP contribution in [0.2, 0.25) is 5.02 Å². The molecule has 0 saturated carbocycles. The van der Waals surface area contributed by atoms with Crippen LogP contribution < -0.4 is 0 Å². The minimum Gasteiger partial charge on any atom is -0.258 e. The Kier molecular flexibility index (Phi) is 3.57. The molecule has 20 heavy (non-hydrogen) atoms. The number of nitrogens with zero attached hydrogens (tertiary/aromatic N) is 2. The van der Waals surface area contributed by atoms with Crippen molar-refractivity contribution >= 4 is 38.4 Å². The summed E-state index contributed by atoms with van der Waals surface area (Å²) in [6, 6.07) is 12.4. The van der Waals surface area contributed by atoms with Gasteiger partial charge in [-0.1, -0.05) is 39.7 Å². The smallest absolute Gasteiger partial charge is 0.0750 e. The zero-order chi connectivity index (χ0) is 14.3. The molecule has 0 bridgehead atoms. The molecule has 1 unspecified atom stereocenters. The summed E-state index contributed by atoms with van der Waals surface area (Å²) < 4.78 is 3.11. The third-order valence-electron chi connectivity index (χ3n) is 3.61. The Labute approximate surface area is 131 Å². The molecular weight excluding hydrogens is 336 g/mol. The summed E-state index contributed by atoms with van der Waals surface area (Å²) in [7, 11) is 0. The van der Waals surface area contributed by atoms with Gasteiger partial charge in [0, 0.05) is 14.9 Å². The lowest BCUT2D eigenvalue weighted by Gasteiger charge is -2.17. The molecule has 0 fully saturated rings. The van der Waals surface area contributed by atoms with Gasteiger partial charge >= 0.3 is 0 Å². The van der Waals surface area contributed by atoms with Crippen molar-refractivity contribution in [3.63, 3.8) is 0 Å². The van der Waals surface area contributed by atoms with Crippen LogP contribution in [0.3, 0.4) is 0 Å². The maximum atomic E-state index is 6.03. The van der Waals surface area contributed by atoms with Crippen molar-refractivity contribution in [3.8, 4) is 0 Å². The number of rotatable bonds is 2. The van der Waals surface area contributed by atoms with Crippen LogP contribution in [0.5, 0.6) is 0 Å². The van der Waals surface area contributed by atoms with Crippen molar-refractivity contribution in [2.75, 3.05) is 0 Å². The molecule has 0 N–H and O–H groups in total. The van der Waals surface area contributed by atoms with Crippen molar-refractivity contribution in [2.45, 2.75) is 19.9 Å². The first-order chi connectivity index (χ1) is 9.56.